The van der Waals surface area contributed by atoms with Gasteiger partial charge in [0.05, 0.1) is 0 Å². The molecule has 3 rings (SSSR count). The summed E-state index contributed by atoms with van der Waals surface area (Å²) in [5.74, 6) is -0.339. The van der Waals surface area contributed by atoms with E-state index in [0.29, 0.717) is 23.0 Å². The highest BCUT2D eigenvalue weighted by molar-refractivity contribution is 6.58. The van der Waals surface area contributed by atoms with Crippen LogP contribution in [0.15, 0.2) is 60.6 Å². The molecule has 0 aromatic heterocycles. The lowest BCUT2D eigenvalue weighted by Crippen LogP contribution is -2.41. The van der Waals surface area contributed by atoms with Gasteiger partial charge in [-0.25, -0.2) is 0 Å². The van der Waals surface area contributed by atoms with E-state index in [2.05, 4.69) is 11.9 Å². The molecule has 0 saturated heterocycles. The number of nitrogens with one attached hydrogen (secondary N) is 1. The number of amides is 2. The minimum atomic E-state index is -0.459. The number of hydrogen-bond donors (Lipinski definition) is 1. The fourth-order valence-corrected chi connectivity index (χ4v) is 3.86. The van der Waals surface area contributed by atoms with Gasteiger partial charge in [-0.2, -0.15) is 0 Å². The molecule has 7 heteroatoms. The van der Waals surface area contributed by atoms with Crippen LogP contribution in [0.4, 0.5) is 5.69 Å². The first kappa shape index (κ1) is 21.7. The zero-order valence-electron chi connectivity index (χ0n) is 17.6. The summed E-state index contributed by atoms with van der Waals surface area (Å²) >= 11 is 6.63. The number of benzene rings is 2. The predicted octanol–water partition coefficient (Wildman–Crippen LogP) is 3.64. The SMILES string of the molecule is C=C1N(C)C=C(C(=O)Nc2cccc(-c3cccc([B]C)c3Cl)c2CC)C(=O)N1C. The molecule has 1 aliphatic rings. The highest BCUT2D eigenvalue weighted by atomic mass is 35.5. The topological polar surface area (TPSA) is 52.7 Å². The molecular weight excluding hydrogens is 397 g/mol. The number of carbonyl (C=O) groups excluding carboxylic acids is 2. The molecule has 0 atom stereocenters. The highest BCUT2D eigenvalue weighted by Crippen LogP contribution is 2.34. The smallest absolute Gasteiger partial charge is 0.266 e. The van der Waals surface area contributed by atoms with Gasteiger partial charge in [-0.1, -0.05) is 67.7 Å². The molecule has 0 bridgehead atoms. The normalized spacial score (nSPS) is 14.0. The lowest BCUT2D eigenvalue weighted by Gasteiger charge is -2.31. The van der Waals surface area contributed by atoms with E-state index in [1.165, 1.54) is 11.1 Å². The molecule has 0 saturated carbocycles. The summed E-state index contributed by atoms with van der Waals surface area (Å²) in [6, 6.07) is 11.6. The van der Waals surface area contributed by atoms with Crippen molar-refractivity contribution in [3.63, 3.8) is 0 Å². The first-order valence-electron chi connectivity index (χ1n) is 9.73. The number of hydrogen-bond acceptors (Lipinski definition) is 3. The molecule has 1 radical (unpaired) electrons. The van der Waals surface area contributed by atoms with Crippen molar-refractivity contribution in [1.82, 2.24) is 9.80 Å². The van der Waals surface area contributed by atoms with Gasteiger partial charge in [0.2, 0.25) is 0 Å². The van der Waals surface area contributed by atoms with Gasteiger partial charge in [0.1, 0.15) is 18.7 Å². The molecule has 1 N–H and O–H groups in total. The van der Waals surface area contributed by atoms with E-state index in [1.54, 1.807) is 19.0 Å². The molecule has 0 unspecified atom stereocenters. The molecule has 153 valence electrons. The Morgan fingerprint density at radius 1 is 1.17 bits per heavy atom. The van der Waals surface area contributed by atoms with Gasteiger partial charge in [-0.05, 0) is 23.6 Å². The van der Waals surface area contributed by atoms with Gasteiger partial charge in [0.25, 0.3) is 11.8 Å². The maximum absolute atomic E-state index is 12.9. The van der Waals surface area contributed by atoms with Crippen molar-refractivity contribution >= 4 is 41.8 Å². The third kappa shape index (κ3) is 3.88. The Labute approximate surface area is 183 Å². The van der Waals surface area contributed by atoms with Crippen LogP contribution in [0, 0.1) is 0 Å². The Bertz CT molecular complexity index is 1060. The molecule has 1 heterocycles. The summed E-state index contributed by atoms with van der Waals surface area (Å²) in [6.45, 7) is 7.81. The minimum Gasteiger partial charge on any atom is -0.337 e. The summed E-state index contributed by atoms with van der Waals surface area (Å²) in [6.07, 6.45) is 2.19. The van der Waals surface area contributed by atoms with Gasteiger partial charge >= 0.3 is 0 Å². The highest BCUT2D eigenvalue weighted by Gasteiger charge is 2.29. The van der Waals surface area contributed by atoms with E-state index in [4.69, 9.17) is 11.6 Å². The summed E-state index contributed by atoms with van der Waals surface area (Å²) in [5, 5.41) is 3.59. The van der Waals surface area contributed by atoms with Crippen LogP contribution in [0.25, 0.3) is 11.1 Å². The molecule has 2 amide bonds. The zero-order valence-corrected chi connectivity index (χ0v) is 18.4. The predicted molar refractivity (Wildman–Crippen MR) is 124 cm³/mol. The second-order valence-corrected chi connectivity index (χ2v) is 7.45. The molecule has 5 nitrogen and oxygen atoms in total. The number of likely N-dealkylation sites (N-methyl/N-ethyl adjacent to an activating group) is 1. The van der Waals surface area contributed by atoms with E-state index in [9.17, 15) is 9.59 Å². The Hall–Kier alpha value is -2.99. The minimum absolute atomic E-state index is 0.0560. The largest absolute Gasteiger partial charge is 0.337 e. The summed E-state index contributed by atoms with van der Waals surface area (Å²) in [4.78, 5) is 28.5. The van der Waals surface area contributed by atoms with E-state index in [0.717, 1.165) is 22.2 Å². The zero-order chi connectivity index (χ0) is 22.0. The monoisotopic (exact) mass is 420 g/mol. The lowest BCUT2D eigenvalue weighted by atomic mass is 9.72. The van der Waals surface area contributed by atoms with Crippen LogP contribution in [-0.4, -0.2) is 43.0 Å². The van der Waals surface area contributed by atoms with Crippen LogP contribution in [-0.2, 0) is 16.0 Å². The fourth-order valence-electron chi connectivity index (χ4n) is 3.52. The van der Waals surface area contributed by atoms with Gasteiger partial charge < -0.3 is 10.2 Å². The first-order valence-corrected chi connectivity index (χ1v) is 10.1. The molecule has 2 aromatic carbocycles. The maximum atomic E-state index is 12.9. The van der Waals surface area contributed by atoms with Crippen molar-refractivity contribution in [2.75, 3.05) is 19.4 Å². The molecule has 2 aromatic rings. The Morgan fingerprint density at radius 3 is 2.50 bits per heavy atom. The van der Waals surface area contributed by atoms with Gasteiger partial charge in [0.15, 0.2) is 0 Å². The third-order valence-electron chi connectivity index (χ3n) is 5.30. The van der Waals surface area contributed by atoms with Crippen LogP contribution in [0.2, 0.25) is 11.8 Å². The molecular formula is C23H24BClN3O2. The van der Waals surface area contributed by atoms with Crippen molar-refractivity contribution in [2.24, 2.45) is 0 Å². The fraction of sp³-hybridized carbons (Fsp3) is 0.217. The number of carbonyl (C=O) groups is 2. The third-order valence-corrected chi connectivity index (χ3v) is 5.73. The van der Waals surface area contributed by atoms with Crippen molar-refractivity contribution in [2.45, 2.75) is 20.2 Å². The molecule has 0 spiro atoms. The van der Waals surface area contributed by atoms with E-state index in [-0.39, 0.29) is 11.5 Å². The molecule has 0 aliphatic carbocycles. The second kappa shape index (κ2) is 8.80. The van der Waals surface area contributed by atoms with Crippen molar-refractivity contribution < 1.29 is 9.59 Å². The summed E-state index contributed by atoms with van der Waals surface area (Å²) < 4.78 is 0. The number of rotatable bonds is 5. The summed E-state index contributed by atoms with van der Waals surface area (Å²) in [5.41, 5.74) is 4.48. The van der Waals surface area contributed by atoms with Gasteiger partial charge in [-0.3, -0.25) is 14.5 Å². The van der Waals surface area contributed by atoms with Crippen LogP contribution in [0.3, 0.4) is 0 Å². The van der Waals surface area contributed by atoms with Crippen LogP contribution >= 0.6 is 11.6 Å². The van der Waals surface area contributed by atoms with Crippen LogP contribution in [0.5, 0.6) is 0 Å². The number of anilines is 1. The Kier molecular flexibility index (Phi) is 6.37. The standard InChI is InChI=1S/C23H24BClN3O2/c1-6-15-16(17-10-7-11-19(24-3)21(17)25)9-8-12-20(15)26-22(29)18-13-27(4)14(2)28(5)23(18)30/h7-13H,2,6H2,1,3-5H3,(H,26,29). The second-order valence-electron chi connectivity index (χ2n) is 7.07. The van der Waals surface area contributed by atoms with Crippen molar-refractivity contribution in [3.8, 4) is 11.1 Å². The van der Waals surface area contributed by atoms with E-state index >= 15 is 0 Å². The quantitative estimate of drug-likeness (QED) is 0.593. The van der Waals surface area contributed by atoms with E-state index in [1.807, 2.05) is 57.4 Å². The molecule has 0 fully saturated rings. The Balaban J connectivity index is 2.00. The number of halogens is 1. The average Bonchev–Trinajstić information content (AvgIpc) is 2.74. The molecule has 30 heavy (non-hydrogen) atoms. The van der Waals surface area contributed by atoms with Gasteiger partial charge in [-0.15, -0.1) is 0 Å². The van der Waals surface area contributed by atoms with Crippen molar-refractivity contribution in [1.29, 1.82) is 0 Å². The average molecular weight is 421 g/mol. The number of nitrogens with zero attached hydrogens (tertiary/aromatic N) is 2. The Morgan fingerprint density at radius 2 is 1.83 bits per heavy atom. The van der Waals surface area contributed by atoms with Crippen LogP contribution in [0.1, 0.15) is 12.5 Å². The summed E-state index contributed by atoms with van der Waals surface area (Å²) in [7, 11) is 5.31. The van der Waals surface area contributed by atoms with Crippen LogP contribution < -0.4 is 10.8 Å². The molecule has 1 aliphatic heterocycles. The first-order chi connectivity index (χ1) is 14.3. The lowest BCUT2D eigenvalue weighted by molar-refractivity contribution is -0.128. The maximum Gasteiger partial charge on any atom is 0.266 e. The van der Waals surface area contributed by atoms with Crippen molar-refractivity contribution in [3.05, 3.63) is 71.2 Å². The van der Waals surface area contributed by atoms with Gasteiger partial charge in [0, 0.05) is 36.6 Å². The van der Waals surface area contributed by atoms with E-state index < -0.39 is 5.91 Å².